The minimum absolute atomic E-state index is 0.0114. The summed E-state index contributed by atoms with van der Waals surface area (Å²) in [7, 11) is 0. The Balaban J connectivity index is 1.73. The van der Waals surface area contributed by atoms with Gasteiger partial charge in [-0.15, -0.1) is 0 Å². The van der Waals surface area contributed by atoms with Gasteiger partial charge in [0.25, 0.3) is 5.91 Å². The van der Waals surface area contributed by atoms with Crippen LogP contribution in [0.3, 0.4) is 0 Å². The maximum Gasteiger partial charge on any atom is 0.410 e. The third-order valence-corrected chi connectivity index (χ3v) is 5.35. The van der Waals surface area contributed by atoms with Crippen LogP contribution in [0.5, 0.6) is 0 Å². The van der Waals surface area contributed by atoms with Crippen LogP contribution in [-0.2, 0) is 9.47 Å². The van der Waals surface area contributed by atoms with E-state index in [1.54, 1.807) is 16.0 Å². The largest absolute Gasteiger partial charge is 0.444 e. The lowest BCUT2D eigenvalue weighted by molar-refractivity contribution is -0.0667. The number of aromatic nitrogens is 2. The van der Waals surface area contributed by atoms with E-state index >= 15 is 0 Å². The topological polar surface area (TPSA) is 108 Å². The predicted octanol–water partition coefficient (Wildman–Crippen LogP) is 1.75. The Morgan fingerprint density at radius 2 is 2.14 bits per heavy atom. The van der Waals surface area contributed by atoms with Crippen molar-refractivity contribution >= 4 is 12.0 Å². The first-order chi connectivity index (χ1) is 13.7. The van der Waals surface area contributed by atoms with E-state index in [0.717, 1.165) is 18.5 Å². The number of carbonyl (C=O) groups excluding carboxylic acids is 2. The maximum absolute atomic E-state index is 13.2. The lowest BCUT2D eigenvalue weighted by Gasteiger charge is -2.38. The van der Waals surface area contributed by atoms with Gasteiger partial charge in [0.2, 0.25) is 0 Å². The Morgan fingerprint density at radius 3 is 2.83 bits per heavy atom. The second-order valence-corrected chi connectivity index (χ2v) is 8.91. The standard InChI is InChI=1S/C20H32N4O5/c1-13-12-28-15(11-25)10-24(13)18(26)16-8-21-22-17(16)14-6-5-7-23(9-14)19(27)29-20(2,3)4/h8,13-15,25H,5-7,9-12H2,1-4H3,(H,21,22)/t13-,14-,15+/m1/s1. The molecule has 3 rings (SSSR count). The van der Waals surface area contributed by atoms with Crippen molar-refractivity contribution in [1.82, 2.24) is 20.0 Å². The van der Waals surface area contributed by atoms with Gasteiger partial charge in [0.15, 0.2) is 0 Å². The van der Waals surface area contributed by atoms with Crippen molar-refractivity contribution in [3.8, 4) is 0 Å². The van der Waals surface area contributed by atoms with Crippen LogP contribution >= 0.6 is 0 Å². The van der Waals surface area contributed by atoms with E-state index in [2.05, 4.69) is 10.2 Å². The molecular weight excluding hydrogens is 376 g/mol. The van der Waals surface area contributed by atoms with Crippen LogP contribution in [0.25, 0.3) is 0 Å². The van der Waals surface area contributed by atoms with Crippen molar-refractivity contribution in [3.05, 3.63) is 17.5 Å². The number of hydrogen-bond donors (Lipinski definition) is 2. The second-order valence-electron chi connectivity index (χ2n) is 8.91. The van der Waals surface area contributed by atoms with Crippen molar-refractivity contribution < 1.29 is 24.2 Å². The van der Waals surface area contributed by atoms with Crippen LogP contribution in [0, 0.1) is 0 Å². The summed E-state index contributed by atoms with van der Waals surface area (Å²) in [6.07, 6.45) is 2.54. The van der Waals surface area contributed by atoms with Gasteiger partial charge in [-0.1, -0.05) is 0 Å². The summed E-state index contributed by atoms with van der Waals surface area (Å²) in [5, 5.41) is 16.5. The van der Waals surface area contributed by atoms with Crippen molar-refractivity contribution in [2.75, 3.05) is 32.8 Å². The number of H-pyrrole nitrogens is 1. The van der Waals surface area contributed by atoms with E-state index in [1.807, 2.05) is 27.7 Å². The number of carbonyl (C=O) groups is 2. The molecule has 2 saturated heterocycles. The fourth-order valence-corrected chi connectivity index (χ4v) is 3.85. The molecule has 2 aliphatic rings. The highest BCUT2D eigenvalue weighted by atomic mass is 16.6. The lowest BCUT2D eigenvalue weighted by Crippen LogP contribution is -2.52. The van der Waals surface area contributed by atoms with Gasteiger partial charge < -0.3 is 24.4 Å². The summed E-state index contributed by atoms with van der Waals surface area (Å²) in [6.45, 7) is 9.20. The molecule has 3 atom stereocenters. The summed E-state index contributed by atoms with van der Waals surface area (Å²) in [4.78, 5) is 29.1. The van der Waals surface area contributed by atoms with Crippen LogP contribution in [0.4, 0.5) is 4.79 Å². The van der Waals surface area contributed by atoms with Gasteiger partial charge in [0.05, 0.1) is 42.8 Å². The SMILES string of the molecule is C[C@@H]1CO[C@H](CO)CN1C(=O)c1cn[nH]c1[C@@H]1CCCN(C(=O)OC(C)(C)C)C1. The molecule has 9 nitrogen and oxygen atoms in total. The van der Waals surface area contributed by atoms with Gasteiger partial charge in [-0.05, 0) is 40.5 Å². The molecule has 29 heavy (non-hydrogen) atoms. The van der Waals surface area contributed by atoms with Crippen LogP contribution < -0.4 is 0 Å². The second kappa shape index (κ2) is 8.71. The molecule has 0 aliphatic carbocycles. The number of piperidine rings is 1. The first-order valence-corrected chi connectivity index (χ1v) is 10.2. The molecule has 2 amide bonds. The van der Waals surface area contributed by atoms with Gasteiger partial charge in [-0.25, -0.2) is 4.79 Å². The van der Waals surface area contributed by atoms with E-state index in [4.69, 9.17) is 9.47 Å². The Morgan fingerprint density at radius 1 is 1.38 bits per heavy atom. The quantitative estimate of drug-likeness (QED) is 0.789. The number of ether oxygens (including phenoxy) is 2. The third-order valence-electron chi connectivity index (χ3n) is 5.35. The zero-order valence-corrected chi connectivity index (χ0v) is 17.7. The van der Waals surface area contributed by atoms with E-state index in [1.165, 1.54) is 0 Å². The molecule has 0 saturated carbocycles. The summed E-state index contributed by atoms with van der Waals surface area (Å²) < 4.78 is 11.0. The number of hydrogen-bond acceptors (Lipinski definition) is 6. The lowest BCUT2D eigenvalue weighted by atomic mass is 9.92. The van der Waals surface area contributed by atoms with E-state index < -0.39 is 5.60 Å². The normalized spacial score (nSPS) is 25.8. The molecule has 1 aromatic heterocycles. The van der Waals surface area contributed by atoms with Crippen molar-refractivity contribution in [1.29, 1.82) is 0 Å². The van der Waals surface area contributed by atoms with Crippen molar-refractivity contribution in [3.63, 3.8) is 0 Å². The zero-order valence-electron chi connectivity index (χ0n) is 17.7. The molecule has 162 valence electrons. The van der Waals surface area contributed by atoms with E-state index in [-0.39, 0.29) is 36.7 Å². The van der Waals surface area contributed by atoms with Crippen LogP contribution in [0.1, 0.15) is 62.5 Å². The molecule has 0 unspecified atom stereocenters. The highest BCUT2D eigenvalue weighted by Crippen LogP contribution is 2.30. The van der Waals surface area contributed by atoms with Crippen molar-refractivity contribution in [2.24, 2.45) is 0 Å². The van der Waals surface area contributed by atoms with Crippen LogP contribution in [0.15, 0.2) is 6.20 Å². The van der Waals surface area contributed by atoms with Gasteiger partial charge >= 0.3 is 6.09 Å². The Bertz CT molecular complexity index is 729. The number of morpholine rings is 1. The fraction of sp³-hybridized carbons (Fsp3) is 0.750. The summed E-state index contributed by atoms with van der Waals surface area (Å²) in [5.41, 5.74) is 0.725. The molecule has 0 radical (unpaired) electrons. The Labute approximate surface area is 171 Å². The Kier molecular flexibility index (Phi) is 6.48. The van der Waals surface area contributed by atoms with E-state index in [9.17, 15) is 14.7 Å². The van der Waals surface area contributed by atoms with Gasteiger partial charge in [-0.3, -0.25) is 9.89 Å². The number of aromatic amines is 1. The number of likely N-dealkylation sites (tertiary alicyclic amines) is 1. The van der Waals surface area contributed by atoms with Crippen LogP contribution in [0.2, 0.25) is 0 Å². The summed E-state index contributed by atoms with van der Waals surface area (Å²) >= 11 is 0. The number of rotatable bonds is 3. The van der Waals surface area contributed by atoms with Gasteiger partial charge in [0.1, 0.15) is 5.60 Å². The monoisotopic (exact) mass is 408 g/mol. The predicted molar refractivity (Wildman–Crippen MR) is 106 cm³/mol. The first kappa shape index (κ1) is 21.6. The van der Waals surface area contributed by atoms with Crippen molar-refractivity contribution in [2.45, 2.75) is 64.2 Å². The molecule has 3 heterocycles. The molecule has 1 aromatic rings. The number of amides is 2. The summed E-state index contributed by atoms with van der Waals surface area (Å²) in [5.74, 6) is -0.139. The van der Waals surface area contributed by atoms with Gasteiger partial charge in [0, 0.05) is 25.6 Å². The number of aliphatic hydroxyl groups excluding tert-OH is 1. The molecule has 2 aliphatic heterocycles. The number of nitrogens with one attached hydrogen (secondary N) is 1. The maximum atomic E-state index is 13.2. The molecule has 0 spiro atoms. The molecular formula is C20H32N4O5. The zero-order chi connectivity index (χ0) is 21.2. The molecule has 9 heteroatoms. The minimum Gasteiger partial charge on any atom is -0.444 e. The highest BCUT2D eigenvalue weighted by Gasteiger charge is 2.35. The first-order valence-electron chi connectivity index (χ1n) is 10.2. The molecule has 2 N–H and O–H groups in total. The smallest absolute Gasteiger partial charge is 0.410 e. The van der Waals surface area contributed by atoms with E-state index in [0.29, 0.717) is 31.8 Å². The van der Waals surface area contributed by atoms with Gasteiger partial charge in [-0.2, -0.15) is 5.10 Å². The number of nitrogens with zero attached hydrogens (tertiary/aromatic N) is 3. The molecule has 2 fully saturated rings. The Hall–Kier alpha value is -2.13. The molecule has 0 aromatic carbocycles. The fourth-order valence-electron chi connectivity index (χ4n) is 3.85. The third kappa shape index (κ3) is 5.08. The number of aliphatic hydroxyl groups is 1. The minimum atomic E-state index is -0.547. The van der Waals surface area contributed by atoms with Crippen LogP contribution in [-0.4, -0.2) is 87.7 Å². The summed E-state index contributed by atoms with van der Waals surface area (Å²) in [6, 6.07) is -0.0855. The average molecular weight is 408 g/mol. The molecule has 0 bridgehead atoms. The average Bonchev–Trinajstić information content (AvgIpc) is 3.16. The highest BCUT2D eigenvalue weighted by molar-refractivity contribution is 5.95.